The van der Waals surface area contributed by atoms with Crippen molar-refractivity contribution in [2.75, 3.05) is 19.8 Å². The number of ether oxygens (including phenoxy) is 4. The maximum atomic E-state index is 12.7. The second-order valence-electron chi connectivity index (χ2n) is 16.7. The Balaban J connectivity index is 1.17. The fourth-order valence-electron chi connectivity index (χ4n) is 12.0. The van der Waals surface area contributed by atoms with Crippen molar-refractivity contribution >= 4 is 5.97 Å². The van der Waals surface area contributed by atoms with E-state index in [4.69, 9.17) is 18.9 Å². The topological polar surface area (TPSA) is 256 Å². The molecule has 0 amide bonds. The van der Waals surface area contributed by atoms with Crippen LogP contribution in [0.3, 0.4) is 0 Å². The zero-order chi connectivity index (χ0) is 36.1. The standard InChI is InChI=1S/C35H54O15/c1-32-7-5-19-20(34(32,45)8-6-18(32)15-9-24(38)47-13-15)4-3-16-10-17(37)11-23(33(16,19)2)35(46)30(44)28(42)26(40)22(50-35)14-48-31-29(43)27(41)25(39)21(12-36)49-31/h9,16-23,25-31,36-37,39-46H,3-8,10-14H2,1-2H3/t16-,17-,18-,19+,20-,21?,22-,23?,25?,26-,27+,28+,29?,30-,31+,32-,33+,34+,35+/m1/s1. The second-order valence-corrected chi connectivity index (χ2v) is 16.7. The van der Waals surface area contributed by atoms with Crippen LogP contribution in [0, 0.1) is 40.4 Å². The Hall–Kier alpha value is -1.31. The Labute approximate surface area is 290 Å². The van der Waals surface area contributed by atoms with Gasteiger partial charge >= 0.3 is 5.97 Å². The molecule has 0 aromatic carbocycles. The van der Waals surface area contributed by atoms with E-state index in [1.165, 1.54) is 0 Å². The molecule has 3 aliphatic heterocycles. The molecule has 6 fully saturated rings. The summed E-state index contributed by atoms with van der Waals surface area (Å²) in [6.45, 7) is 3.05. The van der Waals surface area contributed by atoms with Gasteiger partial charge in [-0.3, -0.25) is 0 Å². The molecule has 7 rings (SSSR count). The van der Waals surface area contributed by atoms with Gasteiger partial charge in [-0.05, 0) is 86.0 Å². The van der Waals surface area contributed by atoms with Gasteiger partial charge in [0.1, 0.15) is 55.4 Å². The van der Waals surface area contributed by atoms with Crippen LogP contribution < -0.4 is 0 Å². The molecule has 15 nitrogen and oxygen atoms in total. The number of esters is 1. The number of hydrogen-bond donors (Lipinski definition) is 10. The molecule has 0 bridgehead atoms. The molecule has 0 aromatic heterocycles. The number of fused-ring (bicyclic) bond motifs is 5. The first-order chi connectivity index (χ1) is 23.5. The van der Waals surface area contributed by atoms with E-state index in [-0.39, 0.29) is 42.7 Å². The highest BCUT2D eigenvalue weighted by atomic mass is 16.7. The SMILES string of the molecule is C[C@]12C([C@]3(O)O[C@H](CO[C@H]4OC(CO)C(O)[C@H](O)C4O)[C@@H](O)[C@H](O)[C@H]3O)C[C@H](O)C[C@H]1CC[C@@H]1[C@@H]2CC[C@]2(C)[C@@H](C3=CC(=O)OC3)CC[C@]12O. The normalized spacial score (nSPS) is 56.6. The molecule has 15 heteroatoms. The minimum atomic E-state index is -2.49. The Morgan fingerprint density at radius 1 is 0.840 bits per heavy atom. The average Bonchev–Trinajstić information content (AvgIpc) is 3.63. The van der Waals surface area contributed by atoms with Gasteiger partial charge < -0.3 is 70.0 Å². The monoisotopic (exact) mass is 714 g/mol. The molecular formula is C35H54O15. The third-order valence-corrected chi connectivity index (χ3v) is 14.7. The predicted octanol–water partition coefficient (Wildman–Crippen LogP) is -2.18. The summed E-state index contributed by atoms with van der Waals surface area (Å²) in [4.78, 5) is 12.0. The molecule has 284 valence electrons. The van der Waals surface area contributed by atoms with Crippen LogP contribution in [0.4, 0.5) is 0 Å². The van der Waals surface area contributed by atoms with Gasteiger partial charge in [-0.15, -0.1) is 0 Å². The smallest absolute Gasteiger partial charge is 0.331 e. The van der Waals surface area contributed by atoms with Gasteiger partial charge in [-0.25, -0.2) is 4.79 Å². The van der Waals surface area contributed by atoms with E-state index in [0.717, 1.165) is 5.57 Å². The van der Waals surface area contributed by atoms with E-state index < -0.39 is 103 Å². The number of rotatable bonds is 6. The first kappa shape index (κ1) is 37.0. The van der Waals surface area contributed by atoms with E-state index >= 15 is 0 Å². The van der Waals surface area contributed by atoms with Crippen molar-refractivity contribution in [3.63, 3.8) is 0 Å². The van der Waals surface area contributed by atoms with Crippen molar-refractivity contribution in [3.8, 4) is 0 Å². The fourth-order valence-corrected chi connectivity index (χ4v) is 12.0. The Bertz CT molecular complexity index is 1330. The van der Waals surface area contributed by atoms with Crippen molar-refractivity contribution in [2.24, 2.45) is 40.4 Å². The number of aliphatic hydroxyl groups excluding tert-OH is 8. The second kappa shape index (κ2) is 12.9. The largest absolute Gasteiger partial charge is 0.458 e. The first-order valence-corrected chi connectivity index (χ1v) is 18.1. The lowest BCUT2D eigenvalue weighted by Crippen LogP contribution is -2.73. The van der Waals surface area contributed by atoms with Crippen LogP contribution in [-0.2, 0) is 23.7 Å². The lowest BCUT2D eigenvalue weighted by molar-refractivity contribution is -0.399. The summed E-state index contributed by atoms with van der Waals surface area (Å²) in [6.07, 6.45) is -10.0. The highest BCUT2D eigenvalue weighted by Gasteiger charge is 2.72. The Morgan fingerprint density at radius 2 is 1.56 bits per heavy atom. The number of cyclic esters (lactones) is 1. The molecular weight excluding hydrogens is 660 g/mol. The summed E-state index contributed by atoms with van der Waals surface area (Å²) >= 11 is 0. The summed E-state index contributed by atoms with van der Waals surface area (Å²) in [7, 11) is 0. The zero-order valence-corrected chi connectivity index (χ0v) is 28.5. The van der Waals surface area contributed by atoms with Crippen molar-refractivity contribution < 1.29 is 74.8 Å². The Kier molecular flexibility index (Phi) is 9.57. The highest BCUT2D eigenvalue weighted by Crippen LogP contribution is 2.72. The van der Waals surface area contributed by atoms with E-state index in [1.807, 2.05) is 6.92 Å². The molecule has 19 atom stereocenters. The minimum absolute atomic E-state index is 0.0114. The molecule has 3 heterocycles. The number of hydrogen-bond acceptors (Lipinski definition) is 15. The summed E-state index contributed by atoms with van der Waals surface area (Å²) in [6, 6.07) is 0. The summed E-state index contributed by atoms with van der Waals surface area (Å²) in [5.41, 5.74) is -1.51. The van der Waals surface area contributed by atoms with E-state index in [9.17, 15) is 55.9 Å². The molecule has 10 N–H and O–H groups in total. The molecule has 50 heavy (non-hydrogen) atoms. The lowest BCUT2D eigenvalue weighted by Gasteiger charge is -2.67. The summed E-state index contributed by atoms with van der Waals surface area (Å²) in [5.74, 6) is -4.34. The zero-order valence-electron chi connectivity index (χ0n) is 28.5. The van der Waals surface area contributed by atoms with Crippen molar-refractivity contribution in [2.45, 2.75) is 138 Å². The lowest BCUT2D eigenvalue weighted by atomic mass is 9.40. The predicted molar refractivity (Wildman–Crippen MR) is 168 cm³/mol. The minimum Gasteiger partial charge on any atom is -0.458 e. The van der Waals surface area contributed by atoms with Crippen molar-refractivity contribution in [3.05, 3.63) is 11.6 Å². The molecule has 2 saturated heterocycles. The van der Waals surface area contributed by atoms with Crippen LogP contribution in [0.1, 0.15) is 65.2 Å². The summed E-state index contributed by atoms with van der Waals surface area (Å²) in [5, 5.41) is 110. The fraction of sp³-hybridized carbons (Fsp3) is 0.914. The van der Waals surface area contributed by atoms with Gasteiger partial charge in [-0.1, -0.05) is 13.8 Å². The van der Waals surface area contributed by atoms with E-state index in [1.54, 1.807) is 6.08 Å². The van der Waals surface area contributed by atoms with Gasteiger partial charge in [0, 0.05) is 17.4 Å². The maximum absolute atomic E-state index is 12.7. The molecule has 4 saturated carbocycles. The quantitative estimate of drug-likeness (QED) is 0.131. The van der Waals surface area contributed by atoms with Crippen LogP contribution in [0.15, 0.2) is 11.6 Å². The number of carbonyl (C=O) groups is 1. The van der Waals surface area contributed by atoms with E-state index in [2.05, 4.69) is 6.92 Å². The maximum Gasteiger partial charge on any atom is 0.331 e. The number of carbonyl (C=O) groups excluding carboxylic acids is 1. The first-order valence-electron chi connectivity index (χ1n) is 18.1. The van der Waals surface area contributed by atoms with Gasteiger partial charge in [0.05, 0.1) is 24.9 Å². The van der Waals surface area contributed by atoms with Crippen molar-refractivity contribution in [1.29, 1.82) is 0 Å². The van der Waals surface area contributed by atoms with Gasteiger partial charge in [-0.2, -0.15) is 0 Å². The molecule has 4 aliphatic carbocycles. The average molecular weight is 715 g/mol. The molecule has 0 radical (unpaired) electrons. The van der Waals surface area contributed by atoms with Gasteiger partial charge in [0.25, 0.3) is 0 Å². The molecule has 4 unspecified atom stereocenters. The Morgan fingerprint density at radius 3 is 2.24 bits per heavy atom. The van der Waals surface area contributed by atoms with E-state index in [0.29, 0.717) is 44.9 Å². The van der Waals surface area contributed by atoms with Crippen molar-refractivity contribution in [1.82, 2.24) is 0 Å². The van der Waals surface area contributed by atoms with Crippen LogP contribution in [0.2, 0.25) is 0 Å². The molecule has 0 spiro atoms. The van der Waals surface area contributed by atoms with Crippen LogP contribution >= 0.6 is 0 Å². The summed E-state index contributed by atoms with van der Waals surface area (Å²) < 4.78 is 22.4. The molecule has 7 aliphatic rings. The van der Waals surface area contributed by atoms with Crippen LogP contribution in [-0.4, -0.2) is 149 Å². The third kappa shape index (κ3) is 5.29. The van der Waals surface area contributed by atoms with Gasteiger partial charge in [0.15, 0.2) is 12.1 Å². The van der Waals surface area contributed by atoms with Crippen LogP contribution in [0.25, 0.3) is 0 Å². The highest BCUT2D eigenvalue weighted by molar-refractivity contribution is 5.85. The number of aliphatic hydroxyl groups is 10. The van der Waals surface area contributed by atoms with Crippen LogP contribution in [0.5, 0.6) is 0 Å². The third-order valence-electron chi connectivity index (χ3n) is 14.7. The molecule has 0 aromatic rings. The van der Waals surface area contributed by atoms with Gasteiger partial charge in [0.2, 0.25) is 0 Å².